The largest absolute Gasteiger partial charge is 0.349 e. The summed E-state index contributed by atoms with van der Waals surface area (Å²) in [5, 5.41) is 7.56. The number of nitrogens with zero attached hydrogens (tertiary/aromatic N) is 4. The van der Waals surface area contributed by atoms with Crippen LogP contribution < -0.4 is 5.32 Å². The Hall–Kier alpha value is -2.21. The molecule has 3 heterocycles. The lowest BCUT2D eigenvalue weighted by Gasteiger charge is -2.35. The summed E-state index contributed by atoms with van der Waals surface area (Å²) in [6, 6.07) is 8.21. The molecule has 1 saturated heterocycles. The van der Waals surface area contributed by atoms with Gasteiger partial charge < -0.3 is 5.32 Å². The number of piperidine rings is 1. The van der Waals surface area contributed by atoms with E-state index >= 15 is 0 Å². The Morgan fingerprint density at radius 2 is 2.20 bits per heavy atom. The van der Waals surface area contributed by atoms with Gasteiger partial charge in [0.15, 0.2) is 0 Å². The number of hydrogen-bond donors (Lipinski definition) is 1. The van der Waals surface area contributed by atoms with Crippen molar-refractivity contribution < 1.29 is 4.79 Å². The first-order valence-electron chi connectivity index (χ1n) is 9.03. The number of nitrogens with one attached hydrogen (secondary N) is 1. The molecule has 0 spiro atoms. The molecule has 1 aliphatic heterocycles. The minimum Gasteiger partial charge on any atom is -0.349 e. The lowest BCUT2D eigenvalue weighted by Crippen LogP contribution is -2.47. The van der Waals surface area contributed by atoms with Crippen LogP contribution in [0.15, 0.2) is 30.5 Å². The number of pyridine rings is 1. The Bertz CT molecular complexity index is 697. The summed E-state index contributed by atoms with van der Waals surface area (Å²) in [5.41, 5.74) is 3.12. The Labute approximate surface area is 149 Å². The molecule has 0 aliphatic carbocycles. The van der Waals surface area contributed by atoms with E-state index in [9.17, 15) is 4.79 Å². The number of carbonyl (C=O) groups excluding carboxylic acids is 1. The monoisotopic (exact) mass is 341 g/mol. The molecule has 3 rings (SSSR count). The molecular formula is C19H27N5O. The smallest absolute Gasteiger partial charge is 0.234 e. The van der Waals surface area contributed by atoms with Crippen molar-refractivity contribution in [3.63, 3.8) is 0 Å². The van der Waals surface area contributed by atoms with Crippen LogP contribution in [0, 0.1) is 13.8 Å². The van der Waals surface area contributed by atoms with E-state index in [1.807, 2.05) is 25.1 Å². The van der Waals surface area contributed by atoms with E-state index in [2.05, 4.69) is 38.0 Å². The van der Waals surface area contributed by atoms with Crippen molar-refractivity contribution in [2.24, 2.45) is 0 Å². The molecule has 6 heteroatoms. The number of amides is 1. The van der Waals surface area contributed by atoms with Crippen LogP contribution in [-0.2, 0) is 17.9 Å². The second-order valence-corrected chi connectivity index (χ2v) is 6.83. The third-order valence-electron chi connectivity index (χ3n) is 4.78. The molecule has 0 radical (unpaired) electrons. The maximum Gasteiger partial charge on any atom is 0.234 e. The number of carbonyl (C=O) groups is 1. The molecule has 134 valence electrons. The molecule has 6 nitrogen and oxygen atoms in total. The van der Waals surface area contributed by atoms with Gasteiger partial charge in [-0.25, -0.2) is 0 Å². The molecular weight excluding hydrogens is 314 g/mol. The van der Waals surface area contributed by atoms with Gasteiger partial charge >= 0.3 is 0 Å². The second kappa shape index (κ2) is 8.25. The maximum absolute atomic E-state index is 12.4. The Kier molecular flexibility index (Phi) is 5.81. The molecule has 0 unspecified atom stereocenters. The summed E-state index contributed by atoms with van der Waals surface area (Å²) < 4.78 is 2.07. The van der Waals surface area contributed by atoms with E-state index in [1.165, 1.54) is 12.1 Å². The van der Waals surface area contributed by atoms with Crippen molar-refractivity contribution >= 4 is 5.91 Å². The summed E-state index contributed by atoms with van der Waals surface area (Å²) in [5.74, 6) is 0.0610. The van der Waals surface area contributed by atoms with Crippen molar-refractivity contribution in [2.45, 2.75) is 52.2 Å². The van der Waals surface area contributed by atoms with E-state index in [0.29, 0.717) is 19.1 Å². The van der Waals surface area contributed by atoms with E-state index in [-0.39, 0.29) is 5.91 Å². The molecule has 0 bridgehead atoms. The summed E-state index contributed by atoms with van der Waals surface area (Å²) in [4.78, 5) is 18.9. The summed E-state index contributed by atoms with van der Waals surface area (Å²) in [7, 11) is 0. The number of aromatic nitrogens is 3. The lowest BCUT2D eigenvalue weighted by atomic mass is 10.0. The fourth-order valence-corrected chi connectivity index (χ4v) is 3.47. The molecule has 1 aliphatic rings. The Morgan fingerprint density at radius 1 is 1.32 bits per heavy atom. The van der Waals surface area contributed by atoms with Crippen LogP contribution in [-0.4, -0.2) is 44.7 Å². The van der Waals surface area contributed by atoms with Crippen LogP contribution in [0.1, 0.15) is 36.3 Å². The fraction of sp³-hybridized carbons (Fsp3) is 0.526. The third kappa shape index (κ3) is 4.89. The zero-order valence-electron chi connectivity index (χ0n) is 15.1. The molecule has 1 fully saturated rings. The topological polar surface area (TPSA) is 63.1 Å². The number of rotatable bonds is 6. The van der Waals surface area contributed by atoms with Crippen molar-refractivity contribution in [1.82, 2.24) is 25.0 Å². The van der Waals surface area contributed by atoms with Gasteiger partial charge in [-0.15, -0.1) is 0 Å². The Morgan fingerprint density at radius 3 is 2.92 bits per heavy atom. The first kappa shape index (κ1) is 17.6. The summed E-state index contributed by atoms with van der Waals surface area (Å²) in [6.07, 6.45) is 5.24. The average molecular weight is 341 g/mol. The van der Waals surface area contributed by atoms with Gasteiger partial charge in [-0.2, -0.15) is 5.10 Å². The fourth-order valence-electron chi connectivity index (χ4n) is 3.47. The van der Waals surface area contributed by atoms with Gasteiger partial charge in [0.25, 0.3) is 0 Å². The van der Waals surface area contributed by atoms with E-state index in [0.717, 1.165) is 37.3 Å². The van der Waals surface area contributed by atoms with Gasteiger partial charge in [0.05, 0.1) is 31.0 Å². The van der Waals surface area contributed by atoms with Crippen molar-refractivity contribution in [3.05, 3.63) is 47.5 Å². The van der Waals surface area contributed by atoms with Crippen molar-refractivity contribution in [1.29, 1.82) is 0 Å². The maximum atomic E-state index is 12.4. The first-order valence-corrected chi connectivity index (χ1v) is 9.03. The van der Waals surface area contributed by atoms with Gasteiger partial charge in [0.1, 0.15) is 0 Å². The Balaban J connectivity index is 1.55. The highest BCUT2D eigenvalue weighted by molar-refractivity contribution is 5.78. The van der Waals surface area contributed by atoms with E-state index < -0.39 is 0 Å². The molecule has 1 N–H and O–H groups in total. The first-order chi connectivity index (χ1) is 12.1. The molecule has 1 amide bonds. The highest BCUT2D eigenvalue weighted by Gasteiger charge is 2.25. The normalized spacial score (nSPS) is 18.2. The molecule has 2 aromatic heterocycles. The molecule has 0 aromatic carbocycles. The van der Waals surface area contributed by atoms with Gasteiger partial charge in [0, 0.05) is 17.9 Å². The number of aryl methyl sites for hydroxylation is 2. The van der Waals surface area contributed by atoms with Crippen LogP contribution in [0.2, 0.25) is 0 Å². The zero-order valence-corrected chi connectivity index (χ0v) is 15.1. The number of likely N-dealkylation sites (tertiary alicyclic amines) is 1. The van der Waals surface area contributed by atoms with E-state index in [4.69, 9.17) is 0 Å². The molecule has 25 heavy (non-hydrogen) atoms. The lowest BCUT2D eigenvalue weighted by molar-refractivity contribution is -0.123. The minimum absolute atomic E-state index is 0.0610. The standard InChI is InChI=1S/C19H27N5O/c1-15-11-16(2)24(22-15)13-18-8-4-6-10-23(18)14-19(25)21-12-17-7-3-5-9-20-17/h3,5,7,9,11,18H,4,6,8,10,12-14H2,1-2H3,(H,21,25)/t18-/m1/s1. The van der Waals surface area contributed by atoms with Crippen molar-refractivity contribution in [2.75, 3.05) is 13.1 Å². The molecule has 2 aromatic rings. The molecule has 1 atom stereocenters. The van der Waals surface area contributed by atoms with Gasteiger partial charge in [-0.3, -0.25) is 19.4 Å². The summed E-state index contributed by atoms with van der Waals surface area (Å²) in [6.45, 7) is 6.86. The third-order valence-corrected chi connectivity index (χ3v) is 4.78. The predicted octanol–water partition coefficient (Wildman–Crippen LogP) is 2.07. The van der Waals surface area contributed by atoms with Crippen LogP contribution >= 0.6 is 0 Å². The zero-order chi connectivity index (χ0) is 17.6. The average Bonchev–Trinajstić information content (AvgIpc) is 2.93. The SMILES string of the molecule is Cc1cc(C)n(C[C@H]2CCCCN2CC(=O)NCc2ccccn2)n1. The van der Waals surface area contributed by atoms with Crippen LogP contribution in [0.3, 0.4) is 0 Å². The molecule has 0 saturated carbocycles. The van der Waals surface area contributed by atoms with Gasteiger partial charge in [-0.1, -0.05) is 12.5 Å². The quantitative estimate of drug-likeness (QED) is 0.874. The van der Waals surface area contributed by atoms with Gasteiger partial charge in [-0.05, 0) is 51.4 Å². The summed E-state index contributed by atoms with van der Waals surface area (Å²) >= 11 is 0. The van der Waals surface area contributed by atoms with E-state index in [1.54, 1.807) is 6.20 Å². The highest BCUT2D eigenvalue weighted by atomic mass is 16.2. The highest BCUT2D eigenvalue weighted by Crippen LogP contribution is 2.19. The van der Waals surface area contributed by atoms with Crippen LogP contribution in [0.4, 0.5) is 0 Å². The van der Waals surface area contributed by atoms with Gasteiger partial charge in [0.2, 0.25) is 5.91 Å². The minimum atomic E-state index is 0.0610. The predicted molar refractivity (Wildman–Crippen MR) is 97.0 cm³/mol. The van der Waals surface area contributed by atoms with Crippen LogP contribution in [0.25, 0.3) is 0 Å². The number of hydrogen-bond acceptors (Lipinski definition) is 4. The van der Waals surface area contributed by atoms with Crippen molar-refractivity contribution in [3.8, 4) is 0 Å². The van der Waals surface area contributed by atoms with Crippen LogP contribution in [0.5, 0.6) is 0 Å². The second-order valence-electron chi connectivity index (χ2n) is 6.83.